The first-order valence-electron chi connectivity index (χ1n) is 9.59. The summed E-state index contributed by atoms with van der Waals surface area (Å²) in [6.07, 6.45) is -4.11. The second kappa shape index (κ2) is 8.89. The van der Waals surface area contributed by atoms with Gasteiger partial charge in [0.2, 0.25) is 5.91 Å². The van der Waals surface area contributed by atoms with Gasteiger partial charge in [-0.1, -0.05) is 57.5 Å². The van der Waals surface area contributed by atoms with E-state index < -0.39 is 17.2 Å². The minimum atomic E-state index is -4.58. The van der Waals surface area contributed by atoms with E-state index in [2.05, 4.69) is 5.32 Å². The molecule has 158 valence electrons. The maximum absolute atomic E-state index is 13.5. The third kappa shape index (κ3) is 6.51. The van der Waals surface area contributed by atoms with Gasteiger partial charge in [-0.25, -0.2) is 0 Å². The van der Waals surface area contributed by atoms with Crippen LogP contribution in [0.2, 0.25) is 0 Å². The van der Waals surface area contributed by atoms with Crippen molar-refractivity contribution in [2.75, 3.05) is 11.9 Å². The molecule has 0 saturated heterocycles. The van der Waals surface area contributed by atoms with E-state index in [0.717, 1.165) is 17.2 Å². The molecule has 0 aromatic heterocycles. The van der Waals surface area contributed by atoms with Crippen LogP contribution in [-0.2, 0) is 17.4 Å². The van der Waals surface area contributed by atoms with Crippen LogP contribution in [0.3, 0.4) is 0 Å². The van der Waals surface area contributed by atoms with Gasteiger partial charge in [-0.2, -0.15) is 13.2 Å². The smallest absolute Gasteiger partial charge is 0.420 e. The molecule has 6 heteroatoms. The van der Waals surface area contributed by atoms with Gasteiger partial charge in [0, 0.05) is 11.1 Å². The number of hydrogen-bond acceptors (Lipinski definition) is 2. The van der Waals surface area contributed by atoms with Crippen molar-refractivity contribution in [1.82, 2.24) is 0 Å². The summed E-state index contributed by atoms with van der Waals surface area (Å²) in [4.78, 5) is 12.7. The van der Waals surface area contributed by atoms with Crippen LogP contribution in [0.1, 0.15) is 44.4 Å². The van der Waals surface area contributed by atoms with Gasteiger partial charge < -0.3 is 10.1 Å². The molecule has 0 atom stereocenters. The Morgan fingerprint density at radius 3 is 2.24 bits per heavy atom. The number of alkyl halides is 3. The lowest BCUT2D eigenvalue weighted by Gasteiger charge is -2.24. The highest BCUT2D eigenvalue weighted by atomic mass is 19.4. The van der Waals surface area contributed by atoms with Crippen molar-refractivity contribution in [3.05, 3.63) is 59.2 Å². The Balaban J connectivity index is 2.19. The number of hydrogen-bond donors (Lipinski definition) is 1. The zero-order chi connectivity index (χ0) is 21.8. The van der Waals surface area contributed by atoms with Crippen molar-refractivity contribution in [2.24, 2.45) is 11.3 Å². The summed E-state index contributed by atoms with van der Waals surface area (Å²) >= 11 is 0. The predicted molar refractivity (Wildman–Crippen MR) is 109 cm³/mol. The van der Waals surface area contributed by atoms with Crippen LogP contribution in [0, 0.1) is 18.3 Å². The lowest BCUT2D eigenvalue weighted by Crippen LogP contribution is -2.32. The van der Waals surface area contributed by atoms with E-state index in [0.29, 0.717) is 6.42 Å². The number of rotatable bonds is 7. The molecule has 0 saturated carbocycles. The molecule has 2 rings (SSSR count). The van der Waals surface area contributed by atoms with Gasteiger partial charge in [0.05, 0.1) is 12.2 Å². The molecule has 0 bridgehead atoms. The molecule has 0 radical (unpaired) electrons. The number of ether oxygens (including phenoxy) is 1. The molecule has 0 aliphatic carbocycles. The largest absolute Gasteiger partial charge is 0.493 e. The van der Waals surface area contributed by atoms with Gasteiger partial charge in [-0.05, 0) is 43.0 Å². The zero-order valence-corrected chi connectivity index (χ0v) is 17.5. The quantitative estimate of drug-likeness (QED) is 0.589. The topological polar surface area (TPSA) is 38.3 Å². The normalized spacial score (nSPS) is 12.2. The number of aryl methyl sites for hydroxylation is 1. The van der Waals surface area contributed by atoms with Crippen LogP contribution >= 0.6 is 0 Å². The van der Waals surface area contributed by atoms with Crippen molar-refractivity contribution in [3.63, 3.8) is 0 Å². The van der Waals surface area contributed by atoms with Gasteiger partial charge in [-0.15, -0.1) is 0 Å². The standard InChI is InChI=1S/C23H28F3NO2/c1-15(2)14-29-20-11-10-18(12-19(20)23(24,25)26)27-21(28)22(4,5)13-17-8-6-16(3)7-9-17/h6-12,15H,13-14H2,1-5H3,(H,27,28). The zero-order valence-electron chi connectivity index (χ0n) is 17.5. The molecule has 0 fully saturated rings. The maximum atomic E-state index is 13.5. The Morgan fingerprint density at radius 1 is 1.07 bits per heavy atom. The minimum absolute atomic E-state index is 0.0937. The van der Waals surface area contributed by atoms with Crippen molar-refractivity contribution in [2.45, 2.75) is 47.2 Å². The molecule has 2 aromatic carbocycles. The molecule has 0 unspecified atom stereocenters. The first-order valence-corrected chi connectivity index (χ1v) is 9.59. The van der Waals surface area contributed by atoms with Crippen LogP contribution < -0.4 is 10.1 Å². The first kappa shape index (κ1) is 22.8. The van der Waals surface area contributed by atoms with E-state index in [9.17, 15) is 18.0 Å². The van der Waals surface area contributed by atoms with Gasteiger partial charge in [0.25, 0.3) is 0 Å². The number of amides is 1. The molecule has 3 nitrogen and oxygen atoms in total. The Labute approximate surface area is 170 Å². The molecule has 0 spiro atoms. The number of benzene rings is 2. The summed E-state index contributed by atoms with van der Waals surface area (Å²) in [6, 6.07) is 11.5. The van der Waals surface area contributed by atoms with Crippen molar-refractivity contribution >= 4 is 11.6 Å². The number of carbonyl (C=O) groups excluding carboxylic acids is 1. The average molecular weight is 407 g/mol. The van der Waals surface area contributed by atoms with Gasteiger partial charge in [-0.3, -0.25) is 4.79 Å². The number of halogens is 3. The van der Waals surface area contributed by atoms with Crippen LogP contribution in [0.15, 0.2) is 42.5 Å². The van der Waals surface area contributed by atoms with Crippen molar-refractivity contribution in [1.29, 1.82) is 0 Å². The molecule has 1 N–H and O–H groups in total. The van der Waals surface area contributed by atoms with E-state index >= 15 is 0 Å². The number of anilines is 1. The van der Waals surface area contributed by atoms with Crippen LogP contribution in [-0.4, -0.2) is 12.5 Å². The fourth-order valence-electron chi connectivity index (χ4n) is 2.81. The monoisotopic (exact) mass is 407 g/mol. The average Bonchev–Trinajstić information content (AvgIpc) is 2.61. The molecular formula is C23H28F3NO2. The summed E-state index contributed by atoms with van der Waals surface area (Å²) in [6.45, 7) is 9.42. The van der Waals surface area contributed by atoms with E-state index in [-0.39, 0.29) is 29.9 Å². The highest BCUT2D eigenvalue weighted by Gasteiger charge is 2.35. The SMILES string of the molecule is Cc1ccc(CC(C)(C)C(=O)Nc2ccc(OCC(C)C)c(C(F)(F)F)c2)cc1. The summed E-state index contributed by atoms with van der Waals surface area (Å²) in [5, 5.41) is 2.62. The number of carbonyl (C=O) groups is 1. The summed E-state index contributed by atoms with van der Waals surface area (Å²) in [5.41, 5.74) is 0.517. The predicted octanol–water partition coefficient (Wildman–Crippen LogP) is 6.26. The summed E-state index contributed by atoms with van der Waals surface area (Å²) in [7, 11) is 0. The Kier molecular flexibility index (Phi) is 6.98. The third-order valence-corrected chi connectivity index (χ3v) is 4.50. The molecule has 1 amide bonds. The summed E-state index contributed by atoms with van der Waals surface area (Å²) in [5.74, 6) is -0.483. The highest BCUT2D eigenvalue weighted by molar-refractivity contribution is 5.95. The van der Waals surface area contributed by atoms with E-state index in [1.807, 2.05) is 45.0 Å². The fourth-order valence-corrected chi connectivity index (χ4v) is 2.81. The third-order valence-electron chi connectivity index (χ3n) is 4.50. The lowest BCUT2D eigenvalue weighted by molar-refractivity contribution is -0.139. The molecule has 2 aromatic rings. The second-order valence-electron chi connectivity index (χ2n) is 8.41. The van der Waals surface area contributed by atoms with Crippen LogP contribution in [0.5, 0.6) is 5.75 Å². The van der Waals surface area contributed by atoms with Crippen molar-refractivity contribution in [3.8, 4) is 5.75 Å². The second-order valence-corrected chi connectivity index (χ2v) is 8.41. The molecule has 0 aliphatic heterocycles. The lowest BCUT2D eigenvalue weighted by atomic mass is 9.84. The van der Waals surface area contributed by atoms with Gasteiger partial charge >= 0.3 is 6.18 Å². The highest BCUT2D eigenvalue weighted by Crippen LogP contribution is 2.38. The molecular weight excluding hydrogens is 379 g/mol. The van der Waals surface area contributed by atoms with E-state index in [4.69, 9.17) is 4.74 Å². The summed E-state index contributed by atoms with van der Waals surface area (Å²) < 4.78 is 45.7. The molecule has 29 heavy (non-hydrogen) atoms. The van der Waals surface area contributed by atoms with Gasteiger partial charge in [0.15, 0.2) is 0 Å². The Hall–Kier alpha value is -2.50. The first-order chi connectivity index (χ1) is 13.4. The van der Waals surface area contributed by atoms with Gasteiger partial charge in [0.1, 0.15) is 5.75 Å². The number of nitrogens with one attached hydrogen (secondary N) is 1. The van der Waals surface area contributed by atoms with E-state index in [1.54, 1.807) is 13.8 Å². The van der Waals surface area contributed by atoms with Crippen LogP contribution in [0.25, 0.3) is 0 Å². The fraction of sp³-hybridized carbons (Fsp3) is 0.435. The maximum Gasteiger partial charge on any atom is 0.420 e. The van der Waals surface area contributed by atoms with E-state index in [1.165, 1.54) is 12.1 Å². The van der Waals surface area contributed by atoms with Crippen LogP contribution in [0.4, 0.5) is 18.9 Å². The Morgan fingerprint density at radius 2 is 1.69 bits per heavy atom. The molecule has 0 aliphatic rings. The van der Waals surface area contributed by atoms with Crippen molar-refractivity contribution < 1.29 is 22.7 Å². The Bertz CT molecular complexity index is 840. The minimum Gasteiger partial charge on any atom is -0.493 e. The molecule has 0 heterocycles.